The lowest BCUT2D eigenvalue weighted by molar-refractivity contribution is 0.182. The molecule has 0 aliphatic carbocycles. The maximum atomic E-state index is 11.8. The van der Waals surface area contributed by atoms with Crippen LogP contribution >= 0.6 is 0 Å². The van der Waals surface area contributed by atoms with Crippen LogP contribution in [0.4, 0.5) is 0 Å². The van der Waals surface area contributed by atoms with Crippen molar-refractivity contribution in [2.24, 2.45) is 5.92 Å². The minimum absolute atomic E-state index is 0.124. The minimum Gasteiger partial charge on any atom is -0.395 e. The molecule has 5 heteroatoms. The molecule has 0 aromatic rings. The van der Waals surface area contributed by atoms with Crippen LogP contribution in [0.25, 0.3) is 0 Å². The summed E-state index contributed by atoms with van der Waals surface area (Å²) in [6.45, 7) is 7.20. The summed E-state index contributed by atoms with van der Waals surface area (Å²) in [5, 5.41) is 8.74. The average Bonchev–Trinajstić information content (AvgIpc) is 2.12. The second kappa shape index (κ2) is 5.82. The highest BCUT2D eigenvalue weighted by molar-refractivity contribution is 7.89. The van der Waals surface area contributed by atoms with Crippen LogP contribution in [-0.2, 0) is 10.0 Å². The second-order valence-electron chi connectivity index (χ2n) is 4.58. The Morgan fingerprint density at radius 3 is 1.93 bits per heavy atom. The van der Waals surface area contributed by atoms with Gasteiger partial charge in [0.25, 0.3) is 0 Å². The molecule has 0 unspecified atom stereocenters. The van der Waals surface area contributed by atoms with E-state index in [0.29, 0.717) is 12.3 Å². The zero-order valence-corrected chi connectivity index (χ0v) is 11.1. The molecular formula is C10H23NO3S. The van der Waals surface area contributed by atoms with Crippen LogP contribution < -0.4 is 0 Å². The summed E-state index contributed by atoms with van der Waals surface area (Å²) in [6.07, 6.45) is 0.680. The van der Waals surface area contributed by atoms with E-state index in [1.54, 1.807) is 20.9 Å². The molecule has 0 radical (unpaired) electrons. The molecule has 15 heavy (non-hydrogen) atoms. The predicted octanol–water partition coefficient (Wildman–Crippen LogP) is 1.06. The zero-order valence-electron chi connectivity index (χ0n) is 10.3. The third-order valence-electron chi connectivity index (χ3n) is 2.47. The van der Waals surface area contributed by atoms with Crippen LogP contribution in [0.2, 0.25) is 0 Å². The molecule has 0 heterocycles. The summed E-state index contributed by atoms with van der Waals surface area (Å²) in [6, 6.07) is -0.308. The van der Waals surface area contributed by atoms with Crippen molar-refractivity contribution in [2.45, 2.75) is 45.4 Å². The van der Waals surface area contributed by atoms with E-state index in [9.17, 15) is 13.5 Å². The van der Waals surface area contributed by atoms with Crippen LogP contribution in [0.5, 0.6) is 0 Å². The molecule has 0 fully saturated rings. The predicted molar refractivity (Wildman–Crippen MR) is 62.1 cm³/mol. The Hall–Kier alpha value is -0.130. The fourth-order valence-electron chi connectivity index (χ4n) is 1.42. The van der Waals surface area contributed by atoms with Crippen molar-refractivity contribution in [3.05, 3.63) is 0 Å². The summed E-state index contributed by atoms with van der Waals surface area (Å²) in [7, 11) is -1.72. The quantitative estimate of drug-likeness (QED) is 0.751. The van der Waals surface area contributed by atoms with Crippen LogP contribution in [0.15, 0.2) is 0 Å². The molecule has 0 aromatic carbocycles. The Labute approximate surface area is 93.3 Å². The normalized spacial score (nSPS) is 15.3. The highest BCUT2D eigenvalue weighted by atomic mass is 32.2. The number of rotatable bonds is 6. The number of hydrogen-bond donors (Lipinski definition) is 1. The lowest BCUT2D eigenvalue weighted by Crippen LogP contribution is -2.43. The first-order chi connectivity index (χ1) is 6.73. The van der Waals surface area contributed by atoms with Crippen molar-refractivity contribution in [2.75, 3.05) is 13.7 Å². The Morgan fingerprint density at radius 2 is 1.67 bits per heavy atom. The summed E-state index contributed by atoms with van der Waals surface area (Å²) in [4.78, 5) is 0. The van der Waals surface area contributed by atoms with Crippen molar-refractivity contribution in [3.8, 4) is 0 Å². The first-order valence-electron chi connectivity index (χ1n) is 5.31. The van der Waals surface area contributed by atoms with E-state index in [1.807, 2.05) is 13.8 Å². The highest BCUT2D eigenvalue weighted by Crippen LogP contribution is 2.16. The van der Waals surface area contributed by atoms with Gasteiger partial charge in [-0.1, -0.05) is 13.8 Å². The molecule has 0 saturated heterocycles. The molecule has 92 valence electrons. The van der Waals surface area contributed by atoms with Crippen LogP contribution in [0.3, 0.4) is 0 Å². The lowest BCUT2D eigenvalue weighted by atomic mass is 10.1. The maximum absolute atomic E-state index is 11.8. The molecule has 0 aliphatic rings. The van der Waals surface area contributed by atoms with Gasteiger partial charge in [0.05, 0.1) is 11.9 Å². The summed E-state index contributed by atoms with van der Waals surface area (Å²) >= 11 is 0. The minimum atomic E-state index is -3.26. The third kappa shape index (κ3) is 4.09. The van der Waals surface area contributed by atoms with Gasteiger partial charge in [-0.05, 0) is 26.2 Å². The van der Waals surface area contributed by atoms with Crippen molar-refractivity contribution in [1.29, 1.82) is 0 Å². The van der Waals surface area contributed by atoms with E-state index >= 15 is 0 Å². The van der Waals surface area contributed by atoms with E-state index in [1.165, 1.54) is 4.31 Å². The van der Waals surface area contributed by atoms with Gasteiger partial charge < -0.3 is 5.11 Å². The van der Waals surface area contributed by atoms with E-state index in [-0.39, 0.29) is 12.6 Å². The Kier molecular flexibility index (Phi) is 5.77. The van der Waals surface area contributed by atoms with Gasteiger partial charge in [-0.2, -0.15) is 4.31 Å². The molecule has 4 nitrogen and oxygen atoms in total. The number of aliphatic hydroxyl groups is 1. The maximum Gasteiger partial charge on any atom is 0.216 e. The molecule has 0 aromatic heterocycles. The van der Waals surface area contributed by atoms with E-state index in [4.69, 9.17) is 0 Å². The van der Waals surface area contributed by atoms with E-state index in [0.717, 1.165) is 0 Å². The zero-order chi connectivity index (χ0) is 12.2. The van der Waals surface area contributed by atoms with Crippen molar-refractivity contribution in [3.63, 3.8) is 0 Å². The Morgan fingerprint density at radius 1 is 1.20 bits per heavy atom. The molecule has 0 amide bonds. The summed E-state index contributed by atoms with van der Waals surface area (Å²) in [5.41, 5.74) is 0. The highest BCUT2D eigenvalue weighted by Gasteiger charge is 2.28. The monoisotopic (exact) mass is 237 g/mol. The van der Waals surface area contributed by atoms with E-state index < -0.39 is 15.3 Å². The number of aliphatic hydroxyl groups excluding tert-OH is 1. The summed E-state index contributed by atoms with van der Waals surface area (Å²) in [5.74, 6) is 0.368. The van der Waals surface area contributed by atoms with Crippen LogP contribution in [0.1, 0.15) is 34.1 Å². The number of sulfonamides is 1. The largest absolute Gasteiger partial charge is 0.395 e. The number of hydrogen-bond acceptors (Lipinski definition) is 3. The van der Waals surface area contributed by atoms with Crippen LogP contribution in [0, 0.1) is 5.92 Å². The molecular weight excluding hydrogens is 214 g/mol. The molecule has 0 rings (SSSR count). The van der Waals surface area contributed by atoms with Crippen molar-refractivity contribution >= 4 is 10.0 Å². The molecule has 0 saturated carbocycles. The first-order valence-corrected chi connectivity index (χ1v) is 6.81. The summed E-state index contributed by atoms with van der Waals surface area (Å²) < 4.78 is 25.0. The third-order valence-corrected chi connectivity index (χ3v) is 4.76. The molecule has 0 spiro atoms. The van der Waals surface area contributed by atoms with Crippen LogP contribution in [-0.4, -0.2) is 42.8 Å². The smallest absolute Gasteiger partial charge is 0.216 e. The van der Waals surface area contributed by atoms with Gasteiger partial charge in [0, 0.05) is 13.1 Å². The SMILES string of the molecule is CC(C)C[C@@H](CO)N(C)S(=O)(=O)C(C)C. The topological polar surface area (TPSA) is 57.6 Å². The van der Waals surface area contributed by atoms with Gasteiger partial charge >= 0.3 is 0 Å². The molecule has 0 bridgehead atoms. The lowest BCUT2D eigenvalue weighted by Gasteiger charge is -2.28. The van der Waals surface area contributed by atoms with Crippen molar-refractivity contribution in [1.82, 2.24) is 4.31 Å². The Balaban J connectivity index is 4.73. The standard InChI is InChI=1S/C10H23NO3S/c1-8(2)6-10(7-12)11(5)15(13,14)9(3)4/h8-10,12H,6-7H2,1-5H3/t10-/m0/s1. The molecule has 1 atom stereocenters. The van der Waals surface area contributed by atoms with Gasteiger partial charge in [0.2, 0.25) is 10.0 Å². The van der Waals surface area contributed by atoms with Gasteiger partial charge in [0.1, 0.15) is 0 Å². The molecule has 1 N–H and O–H groups in total. The second-order valence-corrected chi connectivity index (χ2v) is 7.12. The average molecular weight is 237 g/mol. The van der Waals surface area contributed by atoms with Crippen molar-refractivity contribution < 1.29 is 13.5 Å². The van der Waals surface area contributed by atoms with Gasteiger partial charge in [-0.3, -0.25) is 0 Å². The molecule has 0 aliphatic heterocycles. The fourth-order valence-corrected chi connectivity index (χ4v) is 2.66. The first kappa shape index (κ1) is 14.9. The Bertz CT molecular complexity index is 272. The number of likely N-dealkylation sites (N-methyl/N-ethyl adjacent to an activating group) is 1. The van der Waals surface area contributed by atoms with Gasteiger partial charge in [-0.25, -0.2) is 8.42 Å². The number of nitrogens with zero attached hydrogens (tertiary/aromatic N) is 1. The van der Waals surface area contributed by atoms with Gasteiger partial charge in [-0.15, -0.1) is 0 Å². The van der Waals surface area contributed by atoms with Gasteiger partial charge in [0.15, 0.2) is 0 Å². The van der Waals surface area contributed by atoms with E-state index in [2.05, 4.69) is 0 Å². The fraction of sp³-hybridized carbons (Fsp3) is 1.00.